The zero-order valence-corrected chi connectivity index (χ0v) is 36.1. The summed E-state index contributed by atoms with van der Waals surface area (Å²) in [5.74, 6) is 0. The topological polar surface area (TPSA) is 16.4 Å². The summed E-state index contributed by atoms with van der Waals surface area (Å²) in [6.07, 6.45) is 0. The lowest BCUT2D eigenvalue weighted by molar-refractivity contribution is 0.673. The molecule has 0 bridgehead atoms. The van der Waals surface area contributed by atoms with E-state index in [4.69, 9.17) is 4.42 Å². The van der Waals surface area contributed by atoms with E-state index in [2.05, 4.69) is 241 Å². The van der Waals surface area contributed by atoms with Crippen LogP contribution in [0.15, 0.2) is 241 Å². The summed E-state index contributed by atoms with van der Waals surface area (Å²) in [5.41, 5.74) is 14.2. The fourth-order valence-corrected chi connectivity index (χ4v) is 11.2. The van der Waals surface area contributed by atoms with Crippen molar-refractivity contribution in [2.75, 3.05) is 4.90 Å². The number of rotatable bonds is 7. The van der Waals surface area contributed by atoms with Crippen molar-refractivity contribution in [2.45, 2.75) is 0 Å². The number of hydrogen-bond donors (Lipinski definition) is 0. The van der Waals surface area contributed by atoms with Crippen LogP contribution in [0.2, 0.25) is 0 Å². The van der Waals surface area contributed by atoms with Gasteiger partial charge >= 0.3 is 0 Å². The Bertz CT molecular complexity index is 3920. The summed E-state index contributed by atoms with van der Waals surface area (Å²) in [6.45, 7) is 0. The van der Waals surface area contributed by atoms with Crippen molar-refractivity contribution in [3.8, 4) is 44.5 Å². The molecule has 0 aliphatic heterocycles. The van der Waals surface area contributed by atoms with E-state index in [1.807, 2.05) is 11.3 Å². The monoisotopic (exact) mass is 845 g/mol. The largest absolute Gasteiger partial charge is 0.453 e. The normalized spacial score (nSPS) is 11.7. The van der Waals surface area contributed by atoms with E-state index < -0.39 is 0 Å². The van der Waals surface area contributed by atoms with Crippen molar-refractivity contribution in [1.29, 1.82) is 0 Å². The highest BCUT2D eigenvalue weighted by molar-refractivity contribution is 7.26. The van der Waals surface area contributed by atoms with Crippen LogP contribution in [-0.2, 0) is 0 Å². The molecule has 0 unspecified atom stereocenters. The predicted octanol–water partition coefficient (Wildman–Crippen LogP) is 18.4. The fraction of sp³-hybridized carbons (Fsp3) is 0. The van der Waals surface area contributed by atoms with Crippen LogP contribution >= 0.6 is 11.3 Å². The second kappa shape index (κ2) is 15.2. The average Bonchev–Trinajstić information content (AvgIpc) is 3.96. The Morgan fingerprint density at radius 2 is 0.877 bits per heavy atom. The molecule has 3 heteroatoms. The summed E-state index contributed by atoms with van der Waals surface area (Å²) in [7, 11) is 0. The van der Waals surface area contributed by atoms with Crippen LogP contribution in [0, 0.1) is 0 Å². The van der Waals surface area contributed by atoms with Crippen LogP contribution in [0.4, 0.5) is 17.1 Å². The van der Waals surface area contributed by atoms with E-state index in [0.29, 0.717) is 0 Å². The number of benzene rings is 11. The Morgan fingerprint density at radius 3 is 1.63 bits per heavy atom. The maximum atomic E-state index is 7.48. The van der Waals surface area contributed by atoms with Gasteiger partial charge in [-0.05, 0) is 91.5 Å². The molecule has 13 aromatic rings. The number of furan rings is 1. The van der Waals surface area contributed by atoms with Crippen molar-refractivity contribution < 1.29 is 4.42 Å². The lowest BCUT2D eigenvalue weighted by atomic mass is 9.91. The van der Waals surface area contributed by atoms with E-state index in [9.17, 15) is 0 Å². The first-order valence-electron chi connectivity index (χ1n) is 22.2. The number of anilines is 3. The summed E-state index contributed by atoms with van der Waals surface area (Å²) in [5, 5.41) is 9.38. The minimum atomic E-state index is 0.843. The van der Waals surface area contributed by atoms with Crippen LogP contribution in [0.3, 0.4) is 0 Å². The lowest BCUT2D eigenvalue weighted by Gasteiger charge is -2.28. The Labute approximate surface area is 380 Å². The van der Waals surface area contributed by atoms with Gasteiger partial charge < -0.3 is 9.32 Å². The van der Waals surface area contributed by atoms with E-state index in [-0.39, 0.29) is 0 Å². The Morgan fingerprint density at radius 1 is 0.323 bits per heavy atom. The number of nitrogens with zero attached hydrogens (tertiary/aromatic N) is 1. The minimum absolute atomic E-state index is 0.843. The lowest BCUT2D eigenvalue weighted by Crippen LogP contribution is -2.12. The molecule has 0 spiro atoms. The van der Waals surface area contributed by atoms with Crippen LogP contribution in [0.5, 0.6) is 0 Å². The second-order valence-electron chi connectivity index (χ2n) is 16.8. The second-order valence-corrected chi connectivity index (χ2v) is 17.8. The van der Waals surface area contributed by atoms with Gasteiger partial charge in [-0.2, -0.15) is 0 Å². The molecule has 0 radical (unpaired) electrons. The standard InChI is InChI=1S/C62H39NOS/c1-3-15-40(16-4-1)42-29-31-45(32-30-42)48-37-38-53-56-39-55(49-25-13-20-44-19-7-8-21-47(44)49)50-22-9-10-24-52(50)60(56)64-61(53)59(48)63(46-35-33-43(34-36-46)41-17-5-2-6-18-41)57-27-14-26-54-51-23-11-12-28-58(51)65-62(54)57/h1-39H. The summed E-state index contributed by atoms with van der Waals surface area (Å²) >= 11 is 1.85. The first-order chi connectivity index (χ1) is 32.2. The molecule has 0 aliphatic rings. The molecule has 0 fully saturated rings. The van der Waals surface area contributed by atoms with Gasteiger partial charge in [0.05, 0.1) is 16.1 Å². The summed E-state index contributed by atoms with van der Waals surface area (Å²) in [6, 6.07) is 85.8. The van der Waals surface area contributed by atoms with Gasteiger partial charge in [0.2, 0.25) is 0 Å². The Hall–Kier alpha value is -8.24. The van der Waals surface area contributed by atoms with E-state index in [1.165, 1.54) is 64.3 Å². The maximum absolute atomic E-state index is 7.48. The van der Waals surface area contributed by atoms with Crippen molar-refractivity contribution in [2.24, 2.45) is 0 Å². The predicted molar refractivity (Wildman–Crippen MR) is 278 cm³/mol. The number of fused-ring (bicyclic) bond motifs is 9. The van der Waals surface area contributed by atoms with Crippen LogP contribution in [0.1, 0.15) is 0 Å². The van der Waals surface area contributed by atoms with Gasteiger partial charge in [0, 0.05) is 42.9 Å². The summed E-state index contributed by atoms with van der Waals surface area (Å²) in [4.78, 5) is 2.46. The van der Waals surface area contributed by atoms with Gasteiger partial charge in [0.25, 0.3) is 0 Å². The van der Waals surface area contributed by atoms with Crippen LogP contribution in [-0.4, -0.2) is 0 Å². The van der Waals surface area contributed by atoms with E-state index >= 15 is 0 Å². The van der Waals surface area contributed by atoms with E-state index in [0.717, 1.165) is 60.9 Å². The SMILES string of the molecule is c1ccc(-c2ccc(-c3ccc4c(oc5c6ccccc6c(-c6cccc7ccccc67)cc45)c3N(c3ccc(-c4ccccc4)cc3)c3cccc4c3sc3ccccc34)cc2)cc1. The van der Waals surface area contributed by atoms with Crippen molar-refractivity contribution in [1.82, 2.24) is 0 Å². The molecule has 0 amide bonds. The molecule has 0 saturated heterocycles. The van der Waals surface area contributed by atoms with Crippen molar-refractivity contribution >= 4 is 92.1 Å². The molecule has 0 N–H and O–H groups in total. The van der Waals surface area contributed by atoms with Gasteiger partial charge in [-0.1, -0.05) is 200 Å². The molecule has 0 aliphatic carbocycles. The smallest absolute Gasteiger partial charge is 0.160 e. The highest BCUT2D eigenvalue weighted by Crippen LogP contribution is 2.52. The molecule has 65 heavy (non-hydrogen) atoms. The van der Waals surface area contributed by atoms with E-state index in [1.54, 1.807) is 0 Å². The van der Waals surface area contributed by atoms with Crippen LogP contribution in [0.25, 0.3) is 108 Å². The third-order valence-electron chi connectivity index (χ3n) is 13.1. The van der Waals surface area contributed by atoms with Gasteiger partial charge in [0.15, 0.2) is 5.58 Å². The van der Waals surface area contributed by atoms with Gasteiger partial charge in [-0.25, -0.2) is 0 Å². The highest BCUT2D eigenvalue weighted by atomic mass is 32.1. The maximum Gasteiger partial charge on any atom is 0.160 e. The first-order valence-corrected chi connectivity index (χ1v) is 23.0. The zero-order chi connectivity index (χ0) is 42.8. The molecule has 2 aromatic heterocycles. The van der Waals surface area contributed by atoms with Gasteiger partial charge in [0.1, 0.15) is 5.58 Å². The number of thiophene rings is 1. The molecular weight excluding hydrogens is 807 g/mol. The molecule has 0 saturated carbocycles. The Balaban J connectivity index is 1.13. The molecular formula is C62H39NOS. The van der Waals surface area contributed by atoms with Gasteiger partial charge in [-0.15, -0.1) is 11.3 Å². The van der Waals surface area contributed by atoms with Crippen molar-refractivity contribution in [3.63, 3.8) is 0 Å². The molecule has 2 heterocycles. The fourth-order valence-electron chi connectivity index (χ4n) is 9.99. The van der Waals surface area contributed by atoms with Crippen molar-refractivity contribution in [3.05, 3.63) is 237 Å². The first kappa shape index (κ1) is 37.3. The summed E-state index contributed by atoms with van der Waals surface area (Å²) < 4.78 is 9.97. The third kappa shape index (κ3) is 6.16. The molecule has 13 rings (SSSR count). The average molecular weight is 846 g/mol. The third-order valence-corrected chi connectivity index (χ3v) is 14.3. The van der Waals surface area contributed by atoms with Crippen LogP contribution < -0.4 is 4.90 Å². The minimum Gasteiger partial charge on any atom is -0.453 e. The quantitative estimate of drug-likeness (QED) is 0.159. The molecule has 0 atom stereocenters. The molecule has 2 nitrogen and oxygen atoms in total. The highest BCUT2D eigenvalue weighted by Gasteiger charge is 2.27. The number of hydrogen-bond acceptors (Lipinski definition) is 3. The molecule has 304 valence electrons. The zero-order valence-electron chi connectivity index (χ0n) is 35.3. The Kier molecular flexibility index (Phi) is 8.75. The van der Waals surface area contributed by atoms with Gasteiger partial charge in [-0.3, -0.25) is 0 Å². The molecule has 11 aromatic carbocycles.